The Hall–Kier alpha value is -1.16. The van der Waals surface area contributed by atoms with E-state index in [1.807, 2.05) is 13.8 Å². The molecule has 3 fully saturated rings. The summed E-state index contributed by atoms with van der Waals surface area (Å²) in [6.45, 7) is 14.7. The van der Waals surface area contributed by atoms with E-state index in [0.29, 0.717) is 36.0 Å². The van der Waals surface area contributed by atoms with Gasteiger partial charge in [-0.1, -0.05) is 57.2 Å². The zero-order valence-electron chi connectivity index (χ0n) is 20.3. The molecule has 3 nitrogen and oxygen atoms in total. The van der Waals surface area contributed by atoms with Crippen molar-refractivity contribution in [1.29, 1.82) is 0 Å². The molecule has 3 aliphatic carbocycles. The zero-order valence-corrected chi connectivity index (χ0v) is 20.3. The van der Waals surface area contributed by atoms with Crippen molar-refractivity contribution in [2.75, 3.05) is 0 Å². The molecule has 0 saturated heterocycles. The second-order valence-corrected chi connectivity index (χ2v) is 11.4. The third-order valence-corrected chi connectivity index (χ3v) is 8.75. The Kier molecular flexibility index (Phi) is 7.40. The number of allylic oxidation sites excluding steroid dienone is 4. The minimum atomic E-state index is -0.684. The van der Waals surface area contributed by atoms with Crippen LogP contribution >= 0.6 is 0 Å². The molecule has 31 heavy (non-hydrogen) atoms. The van der Waals surface area contributed by atoms with Crippen molar-refractivity contribution < 1.29 is 15.3 Å². The Bertz CT molecular complexity index is 753. The van der Waals surface area contributed by atoms with Gasteiger partial charge in [0.25, 0.3) is 0 Å². The smallest absolute Gasteiger partial charge is 0.0811 e. The lowest BCUT2D eigenvalue weighted by Crippen LogP contribution is -2.35. The van der Waals surface area contributed by atoms with Crippen LogP contribution in [0.2, 0.25) is 0 Å². The number of hydrogen-bond donors (Lipinski definition) is 3. The third kappa shape index (κ3) is 5.26. The molecule has 0 aliphatic heterocycles. The zero-order chi connectivity index (χ0) is 23.0. The third-order valence-electron chi connectivity index (χ3n) is 8.75. The normalized spacial score (nSPS) is 39.3. The van der Waals surface area contributed by atoms with Crippen molar-refractivity contribution in [1.82, 2.24) is 0 Å². The SMILES string of the molecule is C=C1/C(=C\C=C2/CCC[C@@]3(C)[C@@H]([C@H](C)/C=C/[C@H](C)C(C)(C)O)CC[C@@H]23)C[C@@H](O)C[C@@H]1O. The minimum Gasteiger partial charge on any atom is -0.393 e. The number of aliphatic hydroxyl groups excluding tert-OH is 2. The van der Waals surface area contributed by atoms with Crippen molar-refractivity contribution >= 4 is 0 Å². The van der Waals surface area contributed by atoms with E-state index in [1.165, 1.54) is 31.3 Å². The van der Waals surface area contributed by atoms with Gasteiger partial charge in [-0.05, 0) is 86.7 Å². The van der Waals surface area contributed by atoms with E-state index in [9.17, 15) is 15.3 Å². The standard InChI is InChI=1S/C28H44O3/c1-18(9-10-19(2)27(4,5)31)24-13-14-25-21(8-7-15-28(24,25)6)11-12-22-16-23(29)17-26(30)20(22)3/h9-12,18-19,23-26,29-31H,3,7-8,13-17H2,1-2,4-6H3/b10-9+,21-11+,22-12-/t18-,19+,23-,24-,25+,26+,28+/m1/s1. The molecule has 0 radical (unpaired) electrons. The molecular formula is C28H44O3. The molecule has 3 saturated carbocycles. The predicted molar refractivity (Wildman–Crippen MR) is 128 cm³/mol. The van der Waals surface area contributed by atoms with Gasteiger partial charge in [-0.2, -0.15) is 0 Å². The number of rotatable bonds is 5. The Labute approximate surface area is 189 Å². The van der Waals surface area contributed by atoms with Gasteiger partial charge in [-0.25, -0.2) is 0 Å². The molecule has 0 heterocycles. The van der Waals surface area contributed by atoms with Gasteiger partial charge in [0.05, 0.1) is 17.8 Å². The van der Waals surface area contributed by atoms with Crippen LogP contribution in [0.4, 0.5) is 0 Å². The molecule has 0 spiro atoms. The van der Waals surface area contributed by atoms with E-state index in [1.54, 1.807) is 0 Å². The highest BCUT2D eigenvalue weighted by atomic mass is 16.3. The van der Waals surface area contributed by atoms with E-state index < -0.39 is 17.8 Å². The Morgan fingerprint density at radius 1 is 1.13 bits per heavy atom. The van der Waals surface area contributed by atoms with Crippen LogP contribution in [0.25, 0.3) is 0 Å². The highest BCUT2D eigenvalue weighted by Crippen LogP contribution is 2.59. The predicted octanol–water partition coefficient (Wildman–Crippen LogP) is 5.73. The molecule has 0 bridgehead atoms. The van der Waals surface area contributed by atoms with Gasteiger partial charge in [0.2, 0.25) is 0 Å². The van der Waals surface area contributed by atoms with Gasteiger partial charge < -0.3 is 15.3 Å². The maximum atomic E-state index is 10.3. The first-order valence-corrected chi connectivity index (χ1v) is 12.3. The second kappa shape index (κ2) is 9.37. The van der Waals surface area contributed by atoms with Gasteiger partial charge in [-0.3, -0.25) is 0 Å². The lowest BCUT2D eigenvalue weighted by Gasteiger charge is -2.44. The van der Waals surface area contributed by atoms with Crippen molar-refractivity contribution in [3.8, 4) is 0 Å². The van der Waals surface area contributed by atoms with Crippen LogP contribution in [0.1, 0.15) is 79.6 Å². The van der Waals surface area contributed by atoms with Gasteiger partial charge in [-0.15, -0.1) is 0 Å². The van der Waals surface area contributed by atoms with E-state index in [4.69, 9.17) is 0 Å². The van der Waals surface area contributed by atoms with Crippen molar-refractivity contribution in [2.24, 2.45) is 29.1 Å². The lowest BCUT2D eigenvalue weighted by molar-refractivity contribution is 0.0436. The number of hydrogen-bond acceptors (Lipinski definition) is 3. The second-order valence-electron chi connectivity index (χ2n) is 11.4. The minimum absolute atomic E-state index is 0.141. The molecule has 3 aliphatic rings. The van der Waals surface area contributed by atoms with Crippen LogP contribution in [0.15, 0.2) is 47.6 Å². The first-order chi connectivity index (χ1) is 14.4. The van der Waals surface area contributed by atoms with Crippen LogP contribution in [0.3, 0.4) is 0 Å². The van der Waals surface area contributed by atoms with Crippen LogP contribution < -0.4 is 0 Å². The molecule has 0 aromatic rings. The fourth-order valence-corrected chi connectivity index (χ4v) is 6.32. The van der Waals surface area contributed by atoms with Crippen LogP contribution in [-0.4, -0.2) is 33.1 Å². The average molecular weight is 429 g/mol. The van der Waals surface area contributed by atoms with E-state index in [-0.39, 0.29) is 5.92 Å². The summed E-state index contributed by atoms with van der Waals surface area (Å²) in [5, 5.41) is 30.4. The highest BCUT2D eigenvalue weighted by molar-refractivity contribution is 5.38. The van der Waals surface area contributed by atoms with Gasteiger partial charge in [0.15, 0.2) is 0 Å². The molecule has 3 rings (SSSR count). The molecule has 3 N–H and O–H groups in total. The molecule has 0 aromatic heterocycles. The van der Waals surface area contributed by atoms with Gasteiger partial charge in [0, 0.05) is 12.3 Å². The highest BCUT2D eigenvalue weighted by Gasteiger charge is 2.50. The molecule has 174 valence electrons. The Morgan fingerprint density at radius 2 is 1.84 bits per heavy atom. The van der Waals surface area contributed by atoms with Gasteiger partial charge >= 0.3 is 0 Å². The summed E-state index contributed by atoms with van der Waals surface area (Å²) in [5.41, 5.74) is 2.93. The molecule has 0 aromatic carbocycles. The first-order valence-electron chi connectivity index (χ1n) is 12.3. The van der Waals surface area contributed by atoms with Crippen LogP contribution in [0, 0.1) is 29.1 Å². The fraction of sp³-hybridized carbons (Fsp3) is 0.714. The van der Waals surface area contributed by atoms with Crippen molar-refractivity contribution in [2.45, 2.75) is 97.4 Å². The summed E-state index contributed by atoms with van der Waals surface area (Å²) in [7, 11) is 0. The largest absolute Gasteiger partial charge is 0.393 e. The lowest BCUT2D eigenvalue weighted by atomic mass is 9.61. The van der Waals surface area contributed by atoms with Crippen LogP contribution in [0.5, 0.6) is 0 Å². The fourth-order valence-electron chi connectivity index (χ4n) is 6.32. The van der Waals surface area contributed by atoms with E-state index in [2.05, 4.69) is 51.7 Å². The average Bonchev–Trinajstić information content (AvgIpc) is 3.04. The maximum Gasteiger partial charge on any atom is 0.0811 e. The van der Waals surface area contributed by atoms with E-state index in [0.717, 1.165) is 17.6 Å². The molecule has 3 heteroatoms. The number of fused-ring (bicyclic) bond motifs is 1. The molecule has 0 amide bonds. The summed E-state index contributed by atoms with van der Waals surface area (Å²) in [6, 6.07) is 0. The summed E-state index contributed by atoms with van der Waals surface area (Å²) < 4.78 is 0. The Balaban J connectivity index is 1.76. The monoisotopic (exact) mass is 428 g/mol. The summed E-state index contributed by atoms with van der Waals surface area (Å²) in [4.78, 5) is 0. The van der Waals surface area contributed by atoms with E-state index >= 15 is 0 Å². The summed E-state index contributed by atoms with van der Waals surface area (Å²) >= 11 is 0. The molecule has 7 atom stereocenters. The Morgan fingerprint density at radius 3 is 2.52 bits per heavy atom. The maximum absolute atomic E-state index is 10.3. The molecule has 0 unspecified atom stereocenters. The van der Waals surface area contributed by atoms with Crippen molar-refractivity contribution in [3.05, 3.63) is 47.6 Å². The summed E-state index contributed by atoms with van der Waals surface area (Å²) in [6.07, 6.45) is 15.0. The topological polar surface area (TPSA) is 60.7 Å². The number of aliphatic hydroxyl groups is 3. The quantitative estimate of drug-likeness (QED) is 0.490. The first kappa shape index (κ1) is 24.5. The van der Waals surface area contributed by atoms with Gasteiger partial charge in [0.1, 0.15) is 0 Å². The van der Waals surface area contributed by atoms with Crippen molar-refractivity contribution in [3.63, 3.8) is 0 Å². The van der Waals surface area contributed by atoms with Crippen LogP contribution in [-0.2, 0) is 0 Å². The molecular weight excluding hydrogens is 384 g/mol. The summed E-state index contributed by atoms with van der Waals surface area (Å²) in [5.74, 6) is 1.91.